The first kappa shape index (κ1) is 26.5. The van der Waals surface area contributed by atoms with Gasteiger partial charge in [0.1, 0.15) is 18.2 Å². The number of esters is 1. The summed E-state index contributed by atoms with van der Waals surface area (Å²) in [4.78, 5) is 25.6. The number of rotatable bonds is 8. The molecule has 3 saturated carbocycles. The summed E-state index contributed by atoms with van der Waals surface area (Å²) in [5.74, 6) is 0.441. The molecule has 1 amide bonds. The fourth-order valence-electron chi connectivity index (χ4n) is 7.27. The van der Waals surface area contributed by atoms with Crippen molar-refractivity contribution >= 4 is 12.1 Å². The van der Waals surface area contributed by atoms with E-state index in [4.69, 9.17) is 18.9 Å². The standard InChI is InChI=1S/C28H45NO6/c1-18(2)11-12-20-13-15-27(20,3)24-23(32-4)21(14-16-28(24)17-34-28)35-26(31)29-22(25(30)33-5)19-9-7-6-8-10-19/h11,19-24H,6-10,12-17H2,1-5H3,(H,29,31)/t20-,21+,22+,23+,24+,27-,28-/m0/s1. The molecule has 1 N–H and O–H groups in total. The van der Waals surface area contributed by atoms with Gasteiger partial charge in [-0.05, 0) is 76.0 Å². The van der Waals surface area contributed by atoms with Crippen molar-refractivity contribution in [3.8, 4) is 0 Å². The van der Waals surface area contributed by atoms with Crippen LogP contribution >= 0.6 is 0 Å². The van der Waals surface area contributed by atoms with Crippen LogP contribution in [0.1, 0.15) is 85.0 Å². The summed E-state index contributed by atoms with van der Waals surface area (Å²) in [6.45, 7) is 7.43. The summed E-state index contributed by atoms with van der Waals surface area (Å²) >= 11 is 0. The quantitative estimate of drug-likeness (QED) is 0.286. The minimum Gasteiger partial charge on any atom is -0.467 e. The third kappa shape index (κ3) is 5.41. The van der Waals surface area contributed by atoms with Crippen LogP contribution in [-0.4, -0.2) is 56.7 Å². The van der Waals surface area contributed by atoms with Crippen molar-refractivity contribution in [2.45, 2.75) is 109 Å². The number of hydrogen-bond donors (Lipinski definition) is 1. The van der Waals surface area contributed by atoms with Gasteiger partial charge < -0.3 is 24.3 Å². The molecule has 7 nitrogen and oxygen atoms in total. The number of epoxide rings is 1. The number of carbonyl (C=O) groups excluding carboxylic acids is 2. The van der Waals surface area contributed by atoms with Gasteiger partial charge in [-0.2, -0.15) is 0 Å². The van der Waals surface area contributed by atoms with Crippen LogP contribution in [0.15, 0.2) is 11.6 Å². The van der Waals surface area contributed by atoms with Gasteiger partial charge in [0.25, 0.3) is 0 Å². The molecule has 4 fully saturated rings. The molecule has 0 aromatic carbocycles. The van der Waals surface area contributed by atoms with Gasteiger partial charge in [0.05, 0.1) is 19.3 Å². The molecule has 1 spiro atoms. The second kappa shape index (κ2) is 10.8. The summed E-state index contributed by atoms with van der Waals surface area (Å²) in [6, 6.07) is -0.663. The Morgan fingerprint density at radius 1 is 1.09 bits per heavy atom. The average Bonchev–Trinajstić information content (AvgIpc) is 3.62. The van der Waals surface area contributed by atoms with E-state index in [9.17, 15) is 9.59 Å². The topological polar surface area (TPSA) is 86.4 Å². The van der Waals surface area contributed by atoms with E-state index in [1.165, 1.54) is 25.5 Å². The molecule has 198 valence electrons. The first-order valence-electron chi connectivity index (χ1n) is 13.6. The lowest BCUT2D eigenvalue weighted by atomic mass is 9.48. The van der Waals surface area contributed by atoms with Crippen molar-refractivity contribution < 1.29 is 28.5 Å². The maximum Gasteiger partial charge on any atom is 0.408 e. The van der Waals surface area contributed by atoms with Gasteiger partial charge in [-0.3, -0.25) is 0 Å². The Hall–Kier alpha value is -1.60. The lowest BCUT2D eigenvalue weighted by molar-refractivity contribution is -0.171. The van der Waals surface area contributed by atoms with Crippen molar-refractivity contribution in [3.05, 3.63) is 11.6 Å². The smallest absolute Gasteiger partial charge is 0.408 e. The van der Waals surface area contributed by atoms with Gasteiger partial charge in [0, 0.05) is 13.0 Å². The molecule has 1 saturated heterocycles. The molecule has 7 heteroatoms. The minimum absolute atomic E-state index is 0.0816. The Labute approximate surface area is 210 Å². The molecule has 4 aliphatic rings. The molecule has 0 bridgehead atoms. The molecule has 0 aromatic rings. The second-order valence-electron chi connectivity index (χ2n) is 11.8. The zero-order chi connectivity index (χ0) is 25.2. The second-order valence-corrected chi connectivity index (χ2v) is 11.8. The Bertz CT molecular complexity index is 797. The van der Waals surface area contributed by atoms with Gasteiger partial charge >= 0.3 is 12.1 Å². The van der Waals surface area contributed by atoms with E-state index < -0.39 is 18.1 Å². The van der Waals surface area contributed by atoms with Gasteiger partial charge in [-0.15, -0.1) is 0 Å². The zero-order valence-corrected chi connectivity index (χ0v) is 22.3. The fourth-order valence-corrected chi connectivity index (χ4v) is 7.27. The number of alkyl carbamates (subject to hydrolysis) is 1. The Morgan fingerprint density at radius 3 is 2.34 bits per heavy atom. The van der Waals surface area contributed by atoms with Crippen LogP contribution in [0.3, 0.4) is 0 Å². The Kier molecular flexibility index (Phi) is 8.16. The van der Waals surface area contributed by atoms with Crippen molar-refractivity contribution in [1.29, 1.82) is 0 Å². The molecule has 4 rings (SSSR count). The van der Waals surface area contributed by atoms with Crippen LogP contribution in [-0.2, 0) is 23.7 Å². The van der Waals surface area contributed by atoms with Crippen LogP contribution in [0.4, 0.5) is 4.79 Å². The van der Waals surface area contributed by atoms with Crippen LogP contribution in [0.5, 0.6) is 0 Å². The van der Waals surface area contributed by atoms with E-state index in [0.29, 0.717) is 12.3 Å². The highest BCUT2D eigenvalue weighted by molar-refractivity contribution is 5.81. The number of hydrogen-bond acceptors (Lipinski definition) is 6. The van der Waals surface area contributed by atoms with Crippen molar-refractivity contribution in [2.24, 2.45) is 23.2 Å². The monoisotopic (exact) mass is 491 g/mol. The van der Waals surface area contributed by atoms with Crippen LogP contribution in [0, 0.1) is 23.2 Å². The highest BCUT2D eigenvalue weighted by atomic mass is 16.6. The minimum atomic E-state index is -0.663. The highest BCUT2D eigenvalue weighted by Gasteiger charge is 2.67. The van der Waals surface area contributed by atoms with E-state index in [1.54, 1.807) is 7.11 Å². The van der Waals surface area contributed by atoms with E-state index in [-0.39, 0.29) is 35.1 Å². The van der Waals surface area contributed by atoms with Crippen molar-refractivity contribution in [3.63, 3.8) is 0 Å². The predicted octanol–water partition coefficient (Wildman–Crippen LogP) is 5.17. The molecule has 0 aromatic heterocycles. The SMILES string of the molecule is COC(=O)[C@H](NC(=O)O[C@@H]1CC[C@]2(CO2)[C@@H]([C@@]2(C)CC[C@@H]2CC=C(C)C)[C@@H]1OC)C1CCCCC1. The molecule has 1 heterocycles. The summed E-state index contributed by atoms with van der Waals surface area (Å²) in [6.07, 6.45) is 11.3. The zero-order valence-electron chi connectivity index (χ0n) is 22.3. The third-order valence-electron chi connectivity index (χ3n) is 9.49. The van der Waals surface area contributed by atoms with Crippen LogP contribution in [0.2, 0.25) is 0 Å². The van der Waals surface area contributed by atoms with Gasteiger partial charge in [0.15, 0.2) is 0 Å². The molecule has 0 unspecified atom stereocenters. The van der Waals surface area contributed by atoms with Crippen molar-refractivity contribution in [2.75, 3.05) is 20.8 Å². The Morgan fingerprint density at radius 2 is 1.80 bits per heavy atom. The van der Waals surface area contributed by atoms with E-state index in [2.05, 4.69) is 32.2 Å². The number of nitrogens with one attached hydrogen (secondary N) is 1. The van der Waals surface area contributed by atoms with Gasteiger partial charge in [0.2, 0.25) is 0 Å². The van der Waals surface area contributed by atoms with Crippen LogP contribution < -0.4 is 5.32 Å². The molecule has 3 aliphatic carbocycles. The number of allylic oxidation sites excluding steroid dienone is 2. The van der Waals surface area contributed by atoms with Crippen molar-refractivity contribution in [1.82, 2.24) is 5.32 Å². The fraction of sp³-hybridized carbons (Fsp3) is 0.857. The number of carbonyl (C=O) groups is 2. The molecule has 1 aliphatic heterocycles. The number of ether oxygens (including phenoxy) is 4. The van der Waals surface area contributed by atoms with E-state index in [0.717, 1.165) is 51.6 Å². The number of amides is 1. The first-order valence-corrected chi connectivity index (χ1v) is 13.6. The Balaban J connectivity index is 1.46. The molecule has 0 radical (unpaired) electrons. The van der Waals surface area contributed by atoms with Gasteiger partial charge in [-0.25, -0.2) is 9.59 Å². The average molecular weight is 492 g/mol. The lowest BCUT2D eigenvalue weighted by Gasteiger charge is -2.58. The largest absolute Gasteiger partial charge is 0.467 e. The maximum absolute atomic E-state index is 13.1. The molecular formula is C28H45NO6. The summed E-state index contributed by atoms with van der Waals surface area (Å²) in [5.41, 5.74) is 1.27. The maximum atomic E-state index is 13.1. The third-order valence-corrected chi connectivity index (χ3v) is 9.49. The lowest BCUT2D eigenvalue weighted by Crippen LogP contribution is -2.61. The molecular weight excluding hydrogens is 446 g/mol. The summed E-state index contributed by atoms with van der Waals surface area (Å²) < 4.78 is 23.2. The molecule has 7 atom stereocenters. The van der Waals surface area contributed by atoms with Crippen LogP contribution in [0.25, 0.3) is 0 Å². The highest BCUT2D eigenvalue weighted by Crippen LogP contribution is 2.63. The summed E-state index contributed by atoms with van der Waals surface area (Å²) in [5, 5.41) is 2.86. The van der Waals surface area contributed by atoms with E-state index >= 15 is 0 Å². The first-order chi connectivity index (χ1) is 16.7. The van der Waals surface area contributed by atoms with Gasteiger partial charge in [-0.1, -0.05) is 37.8 Å². The molecule has 35 heavy (non-hydrogen) atoms. The normalized spacial score (nSPS) is 37.6. The van der Waals surface area contributed by atoms with E-state index in [1.807, 2.05) is 0 Å². The number of methoxy groups -OCH3 is 2. The predicted molar refractivity (Wildman–Crippen MR) is 133 cm³/mol. The summed E-state index contributed by atoms with van der Waals surface area (Å²) in [7, 11) is 3.09.